The highest BCUT2D eigenvalue weighted by Gasteiger charge is 2.15. The van der Waals surface area contributed by atoms with E-state index in [4.69, 9.17) is 9.40 Å². The van der Waals surface area contributed by atoms with Gasteiger partial charge in [-0.3, -0.25) is 9.97 Å². The molecule has 7 aromatic rings. The van der Waals surface area contributed by atoms with E-state index >= 15 is 0 Å². The maximum Gasteiger partial charge on any atom is 0.144 e. The average molecular weight is 422 g/mol. The third kappa shape index (κ3) is 2.83. The minimum Gasteiger partial charge on any atom is -0.455 e. The molecule has 7 rings (SSSR count). The molecule has 0 aliphatic rings. The Kier molecular flexibility index (Phi) is 3.84. The predicted octanol–water partition coefficient (Wildman–Crippen LogP) is 8.02. The topological polar surface area (TPSA) is 38.9 Å². The zero-order valence-corrected chi connectivity index (χ0v) is 17.7. The molecular weight excluding hydrogens is 404 g/mol. The van der Waals surface area contributed by atoms with E-state index in [0.717, 1.165) is 55.1 Å². The van der Waals surface area contributed by atoms with E-state index in [0.29, 0.717) is 0 Å². The number of aromatic nitrogens is 2. The Morgan fingerprint density at radius 1 is 0.545 bits per heavy atom. The summed E-state index contributed by atoms with van der Waals surface area (Å²) in [6.45, 7) is 0. The van der Waals surface area contributed by atoms with Crippen LogP contribution in [0.4, 0.5) is 0 Å². The van der Waals surface area contributed by atoms with E-state index in [9.17, 15) is 0 Å². The van der Waals surface area contributed by atoms with Crippen molar-refractivity contribution in [3.8, 4) is 22.4 Å². The van der Waals surface area contributed by atoms with Crippen LogP contribution in [0.3, 0.4) is 0 Å². The maximum absolute atomic E-state index is 6.51. The molecule has 4 aromatic carbocycles. The lowest BCUT2D eigenvalue weighted by molar-refractivity contribution is 0.673. The molecule has 0 N–H and O–H groups in total. The first-order chi connectivity index (χ1) is 16.3. The molecule has 154 valence electrons. The molecule has 33 heavy (non-hydrogen) atoms. The Morgan fingerprint density at radius 3 is 2.39 bits per heavy atom. The van der Waals surface area contributed by atoms with Crippen molar-refractivity contribution in [3.63, 3.8) is 0 Å². The van der Waals surface area contributed by atoms with Crippen LogP contribution in [0.5, 0.6) is 0 Å². The highest BCUT2D eigenvalue weighted by atomic mass is 16.3. The summed E-state index contributed by atoms with van der Waals surface area (Å²) in [5.41, 5.74) is 5.97. The molecule has 0 saturated carbocycles. The maximum atomic E-state index is 6.51. The van der Waals surface area contributed by atoms with Gasteiger partial charge in [0.05, 0.1) is 5.69 Å². The summed E-state index contributed by atoms with van der Waals surface area (Å²) in [5, 5.41) is 6.85. The third-order valence-electron chi connectivity index (χ3n) is 6.40. The van der Waals surface area contributed by atoms with Crippen LogP contribution in [-0.2, 0) is 0 Å². The van der Waals surface area contributed by atoms with Gasteiger partial charge in [0, 0.05) is 45.7 Å². The number of rotatable bonds is 2. The summed E-state index contributed by atoms with van der Waals surface area (Å²) in [4.78, 5) is 8.92. The monoisotopic (exact) mass is 422 g/mol. The van der Waals surface area contributed by atoms with Crippen LogP contribution in [0.15, 0.2) is 114 Å². The smallest absolute Gasteiger partial charge is 0.144 e. The Morgan fingerprint density at radius 2 is 1.39 bits per heavy atom. The van der Waals surface area contributed by atoms with Crippen molar-refractivity contribution in [2.75, 3.05) is 0 Å². The van der Waals surface area contributed by atoms with Crippen molar-refractivity contribution in [3.05, 3.63) is 110 Å². The standard InChI is InChI=1S/C30H18N2O/c1-2-5-24-19(4-1)10-11-26-25-6-3-7-27(30(25)33-29(24)26)28-17-22(13-15-32-28)20-8-9-23-18-31-14-12-21(23)16-20/h1-18H. The lowest BCUT2D eigenvalue weighted by Crippen LogP contribution is -1.86. The Balaban J connectivity index is 1.43. The second kappa shape index (κ2) is 7.01. The minimum absolute atomic E-state index is 0.873. The fourth-order valence-electron chi connectivity index (χ4n) is 4.75. The zero-order chi connectivity index (χ0) is 21.8. The minimum atomic E-state index is 0.873. The highest BCUT2D eigenvalue weighted by Crippen LogP contribution is 2.38. The largest absolute Gasteiger partial charge is 0.455 e. The Bertz CT molecular complexity index is 1830. The summed E-state index contributed by atoms with van der Waals surface area (Å²) in [6, 6.07) is 31.6. The molecular formula is C30H18N2O. The quantitative estimate of drug-likeness (QED) is 0.283. The normalized spacial score (nSPS) is 11.6. The van der Waals surface area contributed by atoms with Crippen LogP contribution in [0.1, 0.15) is 0 Å². The van der Waals surface area contributed by atoms with Gasteiger partial charge in [-0.1, -0.05) is 54.6 Å². The number of pyridine rings is 2. The van der Waals surface area contributed by atoms with Gasteiger partial charge in [0.2, 0.25) is 0 Å². The first kappa shape index (κ1) is 18.1. The van der Waals surface area contributed by atoms with Crippen LogP contribution < -0.4 is 0 Å². The summed E-state index contributed by atoms with van der Waals surface area (Å²) in [7, 11) is 0. The van der Waals surface area contributed by atoms with Crippen molar-refractivity contribution >= 4 is 43.5 Å². The number of hydrogen-bond donors (Lipinski definition) is 0. The van der Waals surface area contributed by atoms with Gasteiger partial charge in [0.15, 0.2) is 0 Å². The van der Waals surface area contributed by atoms with Crippen molar-refractivity contribution < 1.29 is 4.42 Å². The van der Waals surface area contributed by atoms with Crippen LogP contribution >= 0.6 is 0 Å². The van der Waals surface area contributed by atoms with Crippen LogP contribution in [0.2, 0.25) is 0 Å². The molecule has 3 nitrogen and oxygen atoms in total. The van der Waals surface area contributed by atoms with Crippen LogP contribution in [0.25, 0.3) is 65.9 Å². The number of nitrogens with zero attached hydrogens (tertiary/aromatic N) is 2. The van der Waals surface area contributed by atoms with E-state index in [1.807, 2.05) is 24.7 Å². The molecule has 0 bridgehead atoms. The van der Waals surface area contributed by atoms with E-state index in [1.54, 1.807) is 0 Å². The first-order valence-electron chi connectivity index (χ1n) is 11.0. The fourth-order valence-corrected chi connectivity index (χ4v) is 4.75. The highest BCUT2D eigenvalue weighted by molar-refractivity contribution is 6.17. The summed E-state index contributed by atoms with van der Waals surface area (Å²) in [6.07, 6.45) is 5.59. The molecule has 0 aliphatic heterocycles. The number of hydrogen-bond acceptors (Lipinski definition) is 3. The number of furan rings is 1. The van der Waals surface area contributed by atoms with E-state index in [2.05, 4.69) is 89.9 Å². The van der Waals surface area contributed by atoms with Crippen molar-refractivity contribution in [1.29, 1.82) is 0 Å². The van der Waals surface area contributed by atoms with Gasteiger partial charge in [0.1, 0.15) is 11.2 Å². The van der Waals surface area contributed by atoms with Crippen LogP contribution in [0, 0.1) is 0 Å². The summed E-state index contributed by atoms with van der Waals surface area (Å²) < 4.78 is 6.51. The van der Waals surface area contributed by atoms with Gasteiger partial charge in [-0.2, -0.15) is 0 Å². The first-order valence-corrected chi connectivity index (χ1v) is 11.0. The van der Waals surface area contributed by atoms with E-state index < -0.39 is 0 Å². The Hall–Kier alpha value is -4.50. The average Bonchev–Trinajstić information content (AvgIpc) is 3.28. The molecule has 0 fully saturated rings. The van der Waals surface area contributed by atoms with Gasteiger partial charge in [-0.25, -0.2) is 0 Å². The molecule has 0 spiro atoms. The molecule has 0 aliphatic carbocycles. The molecule has 0 saturated heterocycles. The number of para-hydroxylation sites is 1. The molecule has 0 atom stereocenters. The fraction of sp³-hybridized carbons (Fsp3) is 0. The SMILES string of the molecule is c1ccc2c(c1)ccc1c3cccc(-c4cc(-c5ccc6cnccc6c5)ccn4)c3oc21. The van der Waals surface area contributed by atoms with E-state index in [1.165, 1.54) is 10.8 Å². The lowest BCUT2D eigenvalue weighted by Gasteiger charge is -2.07. The second-order valence-corrected chi connectivity index (χ2v) is 8.32. The molecule has 0 radical (unpaired) electrons. The molecule has 3 aromatic heterocycles. The lowest BCUT2D eigenvalue weighted by atomic mass is 10.00. The summed E-state index contributed by atoms with van der Waals surface area (Å²) >= 11 is 0. The molecule has 3 heteroatoms. The van der Waals surface area contributed by atoms with Gasteiger partial charge in [-0.05, 0) is 58.3 Å². The zero-order valence-electron chi connectivity index (χ0n) is 17.7. The molecule has 0 amide bonds. The van der Waals surface area contributed by atoms with Crippen LogP contribution in [-0.4, -0.2) is 9.97 Å². The number of benzene rings is 4. The van der Waals surface area contributed by atoms with Gasteiger partial charge in [0.25, 0.3) is 0 Å². The van der Waals surface area contributed by atoms with Crippen molar-refractivity contribution in [2.45, 2.75) is 0 Å². The molecule has 3 heterocycles. The van der Waals surface area contributed by atoms with Crippen molar-refractivity contribution in [1.82, 2.24) is 9.97 Å². The van der Waals surface area contributed by atoms with Gasteiger partial charge >= 0.3 is 0 Å². The third-order valence-corrected chi connectivity index (χ3v) is 6.40. The van der Waals surface area contributed by atoms with E-state index in [-0.39, 0.29) is 0 Å². The summed E-state index contributed by atoms with van der Waals surface area (Å²) in [5.74, 6) is 0. The van der Waals surface area contributed by atoms with Gasteiger partial charge in [-0.15, -0.1) is 0 Å². The Labute approximate surface area is 190 Å². The van der Waals surface area contributed by atoms with Gasteiger partial charge < -0.3 is 4.42 Å². The van der Waals surface area contributed by atoms with Crippen molar-refractivity contribution in [2.24, 2.45) is 0 Å². The molecule has 0 unspecified atom stereocenters. The predicted molar refractivity (Wildman–Crippen MR) is 135 cm³/mol. The number of fused-ring (bicyclic) bond motifs is 6. The second-order valence-electron chi connectivity index (χ2n) is 8.32.